The lowest BCUT2D eigenvalue weighted by atomic mass is 9.91. The summed E-state index contributed by atoms with van der Waals surface area (Å²) in [5.41, 5.74) is 6.07. The van der Waals surface area contributed by atoms with Crippen LogP contribution in [0.5, 0.6) is 6.01 Å². The minimum Gasteiger partial charge on any atom is -0.467 e. The predicted octanol–water partition coefficient (Wildman–Crippen LogP) is 1.82. The maximum Gasteiger partial charge on any atom is 0.318 e. The van der Waals surface area contributed by atoms with Crippen molar-refractivity contribution >= 4 is 17.4 Å². The van der Waals surface area contributed by atoms with E-state index < -0.39 is 0 Å². The minimum absolute atomic E-state index is 0.153. The summed E-state index contributed by atoms with van der Waals surface area (Å²) in [6.45, 7) is 0. The van der Waals surface area contributed by atoms with Crippen LogP contribution in [0.4, 0.5) is 5.82 Å². The van der Waals surface area contributed by atoms with Crippen molar-refractivity contribution in [1.82, 2.24) is 9.97 Å². The Morgan fingerprint density at radius 3 is 2.94 bits per heavy atom. The average Bonchev–Trinajstić information content (AvgIpc) is 2.35. The van der Waals surface area contributed by atoms with E-state index in [2.05, 4.69) is 15.3 Å². The van der Waals surface area contributed by atoms with Crippen LogP contribution in [0.2, 0.25) is 5.02 Å². The van der Waals surface area contributed by atoms with Gasteiger partial charge in [-0.25, -0.2) is 4.98 Å². The van der Waals surface area contributed by atoms with E-state index in [0.29, 0.717) is 16.9 Å². The lowest BCUT2D eigenvalue weighted by Crippen LogP contribution is -2.42. The van der Waals surface area contributed by atoms with Crippen LogP contribution in [-0.4, -0.2) is 29.2 Å². The molecule has 2 unspecified atom stereocenters. The van der Waals surface area contributed by atoms with Gasteiger partial charge in [-0.2, -0.15) is 4.98 Å². The molecule has 1 fully saturated rings. The van der Waals surface area contributed by atoms with Crippen molar-refractivity contribution in [3.05, 3.63) is 11.2 Å². The number of nitrogens with one attached hydrogen (secondary N) is 1. The largest absolute Gasteiger partial charge is 0.467 e. The van der Waals surface area contributed by atoms with Crippen LogP contribution < -0.4 is 15.8 Å². The van der Waals surface area contributed by atoms with Crippen molar-refractivity contribution in [1.29, 1.82) is 0 Å². The third-order valence-corrected chi connectivity index (χ3v) is 3.32. The van der Waals surface area contributed by atoms with Gasteiger partial charge in [0, 0.05) is 12.1 Å². The molecule has 0 amide bonds. The minimum atomic E-state index is 0.153. The van der Waals surface area contributed by atoms with E-state index >= 15 is 0 Å². The highest BCUT2D eigenvalue weighted by Gasteiger charge is 2.22. The second kappa shape index (κ2) is 5.51. The summed E-state index contributed by atoms with van der Waals surface area (Å²) >= 11 is 6.04. The number of halogens is 1. The second-order valence-corrected chi connectivity index (χ2v) is 4.66. The van der Waals surface area contributed by atoms with Gasteiger partial charge in [-0.15, -0.1) is 0 Å². The van der Waals surface area contributed by atoms with E-state index in [1.54, 1.807) is 0 Å². The van der Waals surface area contributed by atoms with E-state index in [-0.39, 0.29) is 12.1 Å². The zero-order valence-corrected chi connectivity index (χ0v) is 10.6. The first-order valence-corrected chi connectivity index (χ1v) is 6.17. The predicted molar refractivity (Wildman–Crippen MR) is 67.4 cm³/mol. The van der Waals surface area contributed by atoms with Gasteiger partial charge in [0.1, 0.15) is 5.02 Å². The van der Waals surface area contributed by atoms with Gasteiger partial charge < -0.3 is 15.8 Å². The molecular formula is C11H17ClN4O. The molecular weight excluding hydrogens is 240 g/mol. The molecule has 5 nitrogen and oxygen atoms in total. The highest BCUT2D eigenvalue weighted by Crippen LogP contribution is 2.25. The Bertz CT molecular complexity index is 388. The molecule has 94 valence electrons. The molecule has 1 aliphatic carbocycles. The number of nitrogens with zero attached hydrogens (tertiary/aromatic N) is 2. The first-order valence-electron chi connectivity index (χ1n) is 5.79. The van der Waals surface area contributed by atoms with Gasteiger partial charge in [0.05, 0.1) is 13.3 Å². The van der Waals surface area contributed by atoms with Crippen molar-refractivity contribution in [2.24, 2.45) is 5.73 Å². The summed E-state index contributed by atoms with van der Waals surface area (Å²) in [7, 11) is 1.53. The van der Waals surface area contributed by atoms with Gasteiger partial charge in [-0.3, -0.25) is 0 Å². The number of hydrogen-bond acceptors (Lipinski definition) is 5. The summed E-state index contributed by atoms with van der Waals surface area (Å²) in [4.78, 5) is 8.12. The highest BCUT2D eigenvalue weighted by atomic mass is 35.5. The van der Waals surface area contributed by atoms with E-state index in [1.807, 2.05) is 0 Å². The Kier molecular flexibility index (Phi) is 4.02. The Morgan fingerprint density at radius 2 is 2.24 bits per heavy atom. The van der Waals surface area contributed by atoms with Crippen LogP contribution in [0.15, 0.2) is 6.20 Å². The third kappa shape index (κ3) is 2.98. The van der Waals surface area contributed by atoms with Crippen molar-refractivity contribution in [3.8, 4) is 6.01 Å². The molecule has 0 aliphatic heterocycles. The number of ether oxygens (including phenoxy) is 1. The summed E-state index contributed by atoms with van der Waals surface area (Å²) in [5.74, 6) is 0.598. The first-order chi connectivity index (χ1) is 8.20. The topological polar surface area (TPSA) is 73.1 Å². The van der Waals surface area contributed by atoms with Gasteiger partial charge in [-0.1, -0.05) is 24.4 Å². The molecule has 2 rings (SSSR count). The lowest BCUT2D eigenvalue weighted by Gasteiger charge is -2.29. The fraction of sp³-hybridized carbons (Fsp3) is 0.636. The molecule has 0 saturated heterocycles. The molecule has 1 aromatic heterocycles. The Labute approximate surface area is 106 Å². The van der Waals surface area contributed by atoms with Gasteiger partial charge >= 0.3 is 6.01 Å². The molecule has 0 spiro atoms. The monoisotopic (exact) mass is 256 g/mol. The van der Waals surface area contributed by atoms with Crippen LogP contribution in [0.3, 0.4) is 0 Å². The summed E-state index contributed by atoms with van der Waals surface area (Å²) < 4.78 is 4.97. The lowest BCUT2D eigenvalue weighted by molar-refractivity contribution is 0.378. The molecule has 17 heavy (non-hydrogen) atoms. The maximum atomic E-state index is 6.07. The first kappa shape index (κ1) is 12.4. The molecule has 0 aromatic carbocycles. The Balaban J connectivity index is 2.11. The number of anilines is 1. The molecule has 1 aliphatic rings. The number of nitrogens with two attached hydrogens (primary N) is 1. The Hall–Kier alpha value is -1.07. The van der Waals surface area contributed by atoms with E-state index in [4.69, 9.17) is 22.1 Å². The van der Waals surface area contributed by atoms with Crippen LogP contribution >= 0.6 is 11.6 Å². The standard InChI is InChI=1S/C11H17ClN4O/c1-17-11-14-6-7(12)10(16-11)15-9-5-3-2-4-8(9)13/h6,8-9H,2-5,13H2,1H3,(H,14,15,16). The highest BCUT2D eigenvalue weighted by molar-refractivity contribution is 6.32. The molecule has 3 N–H and O–H groups in total. The molecule has 1 aromatic rings. The van der Waals surface area contributed by atoms with Gasteiger partial charge in [0.15, 0.2) is 5.82 Å². The molecule has 2 atom stereocenters. The summed E-state index contributed by atoms with van der Waals surface area (Å²) in [5, 5.41) is 3.77. The summed E-state index contributed by atoms with van der Waals surface area (Å²) in [6.07, 6.45) is 6.00. The van der Waals surface area contributed by atoms with Crippen LogP contribution in [0.1, 0.15) is 25.7 Å². The number of methoxy groups -OCH3 is 1. The quantitative estimate of drug-likeness (QED) is 0.863. The number of rotatable bonds is 3. The van der Waals surface area contributed by atoms with E-state index in [0.717, 1.165) is 12.8 Å². The Morgan fingerprint density at radius 1 is 1.47 bits per heavy atom. The zero-order chi connectivity index (χ0) is 12.3. The van der Waals surface area contributed by atoms with Crippen molar-refractivity contribution in [2.45, 2.75) is 37.8 Å². The number of aromatic nitrogens is 2. The van der Waals surface area contributed by atoms with Crippen molar-refractivity contribution in [2.75, 3.05) is 12.4 Å². The normalized spacial score (nSPS) is 24.4. The second-order valence-electron chi connectivity index (χ2n) is 4.25. The molecule has 6 heteroatoms. The van der Waals surface area contributed by atoms with Gasteiger partial charge in [0.2, 0.25) is 0 Å². The number of hydrogen-bond donors (Lipinski definition) is 2. The SMILES string of the molecule is COc1ncc(Cl)c(NC2CCCCC2N)n1. The van der Waals surface area contributed by atoms with Crippen LogP contribution in [-0.2, 0) is 0 Å². The molecule has 0 radical (unpaired) electrons. The molecule has 1 saturated carbocycles. The van der Waals surface area contributed by atoms with Crippen molar-refractivity contribution < 1.29 is 4.74 Å². The van der Waals surface area contributed by atoms with Gasteiger partial charge in [0.25, 0.3) is 0 Å². The van der Waals surface area contributed by atoms with E-state index in [9.17, 15) is 0 Å². The zero-order valence-electron chi connectivity index (χ0n) is 9.82. The van der Waals surface area contributed by atoms with Crippen molar-refractivity contribution in [3.63, 3.8) is 0 Å². The fourth-order valence-electron chi connectivity index (χ4n) is 2.06. The average molecular weight is 257 g/mol. The van der Waals surface area contributed by atoms with Gasteiger partial charge in [-0.05, 0) is 12.8 Å². The van der Waals surface area contributed by atoms with Crippen LogP contribution in [0, 0.1) is 0 Å². The smallest absolute Gasteiger partial charge is 0.318 e. The summed E-state index contributed by atoms with van der Waals surface area (Å²) in [6, 6.07) is 0.683. The fourth-order valence-corrected chi connectivity index (χ4v) is 2.21. The molecule has 1 heterocycles. The maximum absolute atomic E-state index is 6.07. The van der Waals surface area contributed by atoms with Crippen LogP contribution in [0.25, 0.3) is 0 Å². The molecule has 0 bridgehead atoms. The van der Waals surface area contributed by atoms with E-state index in [1.165, 1.54) is 26.1 Å². The third-order valence-electron chi connectivity index (χ3n) is 3.05.